The lowest BCUT2D eigenvalue weighted by Crippen LogP contribution is -1.80. The molecular weight excluding hydrogens is 190 g/mol. The van der Waals surface area contributed by atoms with Gasteiger partial charge in [-0.1, -0.05) is 11.6 Å². The van der Waals surface area contributed by atoms with E-state index in [0.29, 0.717) is 10.9 Å². The van der Waals surface area contributed by atoms with Crippen molar-refractivity contribution in [3.8, 4) is 11.5 Å². The predicted octanol–water partition coefficient (Wildman–Crippen LogP) is 2.30. The van der Waals surface area contributed by atoms with Crippen LogP contribution in [0, 0.1) is 0 Å². The molecule has 0 saturated heterocycles. The summed E-state index contributed by atoms with van der Waals surface area (Å²) in [7, 11) is 0. The Bertz CT molecular complexity index is 470. The summed E-state index contributed by atoms with van der Waals surface area (Å²) in [6.45, 7) is 0. The fourth-order valence-corrected chi connectivity index (χ4v) is 1.27. The van der Waals surface area contributed by atoms with Gasteiger partial charge in [-0.3, -0.25) is 0 Å². The van der Waals surface area contributed by atoms with Gasteiger partial charge in [0, 0.05) is 5.39 Å². The van der Waals surface area contributed by atoms with E-state index in [1.165, 1.54) is 18.2 Å². The second-order valence-corrected chi connectivity index (χ2v) is 3.03. The van der Waals surface area contributed by atoms with Crippen LogP contribution in [0.15, 0.2) is 24.3 Å². The van der Waals surface area contributed by atoms with E-state index >= 15 is 0 Å². The average molecular weight is 196 g/mol. The first-order valence-electron chi connectivity index (χ1n) is 3.65. The summed E-state index contributed by atoms with van der Waals surface area (Å²) in [6, 6.07) is 6.13. The molecule has 0 atom stereocenters. The second kappa shape index (κ2) is 2.78. The van der Waals surface area contributed by atoms with Gasteiger partial charge in [-0.2, -0.15) is 0 Å². The summed E-state index contributed by atoms with van der Waals surface area (Å²) in [5.41, 5.74) is 0.639. The summed E-state index contributed by atoms with van der Waals surface area (Å²) >= 11 is 5.60. The summed E-state index contributed by atoms with van der Waals surface area (Å²) in [6.07, 6.45) is 0. The first-order chi connectivity index (χ1) is 6.16. The van der Waals surface area contributed by atoms with Gasteiger partial charge in [0.05, 0.1) is 5.52 Å². The van der Waals surface area contributed by atoms with Crippen LogP contribution in [0.5, 0.6) is 11.5 Å². The Balaban J connectivity index is 2.81. The number of hydrogen-bond acceptors (Lipinski definition) is 3. The third-order valence-electron chi connectivity index (χ3n) is 1.73. The highest BCUT2D eigenvalue weighted by atomic mass is 35.5. The minimum Gasteiger partial charge on any atom is -0.508 e. The fraction of sp³-hybridized carbons (Fsp3) is 0. The van der Waals surface area contributed by atoms with Gasteiger partial charge in [-0.05, 0) is 24.3 Å². The first-order valence-corrected chi connectivity index (χ1v) is 4.03. The number of benzene rings is 1. The van der Waals surface area contributed by atoms with Crippen molar-refractivity contribution >= 4 is 22.5 Å². The molecule has 2 N–H and O–H groups in total. The van der Waals surface area contributed by atoms with Gasteiger partial charge in [-0.15, -0.1) is 0 Å². The Hall–Kier alpha value is -1.48. The molecule has 1 heterocycles. The van der Waals surface area contributed by atoms with E-state index < -0.39 is 0 Å². The molecule has 0 fully saturated rings. The van der Waals surface area contributed by atoms with Crippen molar-refractivity contribution < 1.29 is 10.2 Å². The van der Waals surface area contributed by atoms with E-state index in [0.717, 1.165) is 0 Å². The van der Waals surface area contributed by atoms with Crippen molar-refractivity contribution in [1.82, 2.24) is 4.98 Å². The van der Waals surface area contributed by atoms with E-state index in [-0.39, 0.29) is 16.7 Å². The van der Waals surface area contributed by atoms with Crippen LogP contribution >= 0.6 is 11.6 Å². The maximum absolute atomic E-state index is 9.23. The SMILES string of the molecule is Oc1ccc2nc(Cl)c(O)cc2c1. The molecule has 0 radical (unpaired) electrons. The van der Waals surface area contributed by atoms with Crippen LogP contribution < -0.4 is 0 Å². The molecule has 66 valence electrons. The van der Waals surface area contributed by atoms with Gasteiger partial charge in [0.15, 0.2) is 10.9 Å². The third-order valence-corrected chi connectivity index (χ3v) is 2.01. The maximum Gasteiger partial charge on any atom is 0.171 e. The zero-order chi connectivity index (χ0) is 9.42. The van der Waals surface area contributed by atoms with Crippen molar-refractivity contribution in [3.05, 3.63) is 29.4 Å². The number of hydrogen-bond donors (Lipinski definition) is 2. The molecule has 2 rings (SSSR count). The molecule has 4 heteroatoms. The summed E-state index contributed by atoms with van der Waals surface area (Å²) in [5, 5.41) is 19.1. The van der Waals surface area contributed by atoms with Gasteiger partial charge in [0.1, 0.15) is 5.75 Å². The molecule has 0 amide bonds. The molecule has 0 aliphatic heterocycles. The number of phenolic OH excluding ortho intramolecular Hbond substituents is 1. The van der Waals surface area contributed by atoms with E-state index in [1.807, 2.05) is 0 Å². The highest BCUT2D eigenvalue weighted by Gasteiger charge is 2.03. The van der Waals surface area contributed by atoms with Crippen molar-refractivity contribution in [2.24, 2.45) is 0 Å². The highest BCUT2D eigenvalue weighted by molar-refractivity contribution is 6.31. The monoisotopic (exact) mass is 195 g/mol. The second-order valence-electron chi connectivity index (χ2n) is 2.68. The highest BCUT2D eigenvalue weighted by Crippen LogP contribution is 2.27. The van der Waals surface area contributed by atoms with Gasteiger partial charge < -0.3 is 10.2 Å². The van der Waals surface area contributed by atoms with Gasteiger partial charge in [0.25, 0.3) is 0 Å². The predicted molar refractivity (Wildman–Crippen MR) is 50.1 cm³/mol. The van der Waals surface area contributed by atoms with Crippen LogP contribution in [-0.4, -0.2) is 15.2 Å². The maximum atomic E-state index is 9.23. The Morgan fingerprint density at radius 1 is 1.15 bits per heavy atom. The molecule has 0 aliphatic carbocycles. The van der Waals surface area contributed by atoms with Gasteiger partial charge in [-0.25, -0.2) is 4.98 Å². The molecular formula is C9H6ClNO2. The number of nitrogens with zero attached hydrogens (tertiary/aromatic N) is 1. The summed E-state index contributed by atoms with van der Waals surface area (Å²) in [5.74, 6) is 0.0517. The topological polar surface area (TPSA) is 53.4 Å². The summed E-state index contributed by atoms with van der Waals surface area (Å²) < 4.78 is 0. The lowest BCUT2D eigenvalue weighted by atomic mass is 10.2. The minimum atomic E-state index is -0.0835. The zero-order valence-electron chi connectivity index (χ0n) is 6.53. The van der Waals surface area contributed by atoms with E-state index in [1.54, 1.807) is 6.07 Å². The zero-order valence-corrected chi connectivity index (χ0v) is 7.28. The molecule has 1 aromatic carbocycles. The number of halogens is 1. The smallest absolute Gasteiger partial charge is 0.171 e. The van der Waals surface area contributed by atoms with Crippen molar-refractivity contribution in [2.45, 2.75) is 0 Å². The molecule has 0 unspecified atom stereocenters. The number of phenols is 1. The Morgan fingerprint density at radius 2 is 1.92 bits per heavy atom. The van der Waals surface area contributed by atoms with Gasteiger partial charge in [0.2, 0.25) is 0 Å². The molecule has 0 aliphatic rings. The van der Waals surface area contributed by atoms with Crippen LogP contribution in [0.4, 0.5) is 0 Å². The molecule has 2 aromatic rings. The summed E-state index contributed by atoms with van der Waals surface area (Å²) in [4.78, 5) is 3.92. The molecule has 0 bridgehead atoms. The van der Waals surface area contributed by atoms with E-state index in [4.69, 9.17) is 16.7 Å². The Kier molecular flexibility index (Phi) is 1.74. The van der Waals surface area contributed by atoms with E-state index in [2.05, 4.69) is 4.98 Å². The van der Waals surface area contributed by atoms with Crippen molar-refractivity contribution in [2.75, 3.05) is 0 Å². The fourth-order valence-electron chi connectivity index (χ4n) is 1.13. The first kappa shape index (κ1) is 8.13. The van der Waals surface area contributed by atoms with Crippen LogP contribution in [-0.2, 0) is 0 Å². The Labute approximate surface area is 79.2 Å². The van der Waals surface area contributed by atoms with Gasteiger partial charge >= 0.3 is 0 Å². The van der Waals surface area contributed by atoms with Crippen LogP contribution in [0.2, 0.25) is 5.15 Å². The quantitative estimate of drug-likeness (QED) is 0.635. The number of rotatable bonds is 0. The average Bonchev–Trinajstić information content (AvgIpc) is 2.08. The molecule has 0 saturated carbocycles. The van der Waals surface area contributed by atoms with Crippen LogP contribution in [0.1, 0.15) is 0 Å². The number of fused-ring (bicyclic) bond motifs is 1. The van der Waals surface area contributed by atoms with Crippen LogP contribution in [0.25, 0.3) is 10.9 Å². The normalized spacial score (nSPS) is 10.5. The minimum absolute atomic E-state index is 0.0678. The lowest BCUT2D eigenvalue weighted by Gasteiger charge is -2.00. The van der Waals surface area contributed by atoms with E-state index in [9.17, 15) is 5.11 Å². The van der Waals surface area contributed by atoms with Crippen LogP contribution in [0.3, 0.4) is 0 Å². The van der Waals surface area contributed by atoms with Crippen molar-refractivity contribution in [3.63, 3.8) is 0 Å². The molecule has 13 heavy (non-hydrogen) atoms. The number of pyridine rings is 1. The standard InChI is InChI=1S/C9H6ClNO2/c10-9-8(13)4-5-3-6(12)1-2-7(5)11-9/h1-4,12-13H. The Morgan fingerprint density at radius 3 is 2.69 bits per heavy atom. The van der Waals surface area contributed by atoms with Crippen molar-refractivity contribution in [1.29, 1.82) is 0 Å². The molecule has 1 aromatic heterocycles. The lowest BCUT2D eigenvalue weighted by molar-refractivity contribution is 0.473. The number of aromatic hydroxyl groups is 2. The molecule has 0 spiro atoms. The largest absolute Gasteiger partial charge is 0.508 e. The third kappa shape index (κ3) is 1.38. The molecule has 3 nitrogen and oxygen atoms in total. The number of aromatic nitrogens is 1.